The van der Waals surface area contributed by atoms with Crippen LogP contribution in [0.2, 0.25) is 0 Å². The van der Waals surface area contributed by atoms with Crippen LogP contribution in [0.15, 0.2) is 18.2 Å². The number of rotatable bonds is 4. The third-order valence-corrected chi connectivity index (χ3v) is 3.06. The van der Waals surface area contributed by atoms with E-state index in [9.17, 15) is 18.0 Å². The lowest BCUT2D eigenvalue weighted by Crippen LogP contribution is -2.26. The Bertz CT molecular complexity index is 562. The molecule has 0 saturated carbocycles. The standard InChI is InChI=1S/C14H15F3N2OS/c1-10-7-11(3-2-4-18)9-12(8-10)13(20)19-5-6-21-14(15,16)17/h7-9H,4-6,18H2,1H3,(H,19,20). The van der Waals surface area contributed by atoms with Crippen molar-refractivity contribution >= 4 is 17.7 Å². The molecule has 0 atom stereocenters. The van der Waals surface area contributed by atoms with E-state index in [-0.39, 0.29) is 30.6 Å². The summed E-state index contributed by atoms with van der Waals surface area (Å²) in [7, 11) is 0. The maximum atomic E-state index is 12.0. The van der Waals surface area contributed by atoms with Gasteiger partial charge in [-0.2, -0.15) is 13.2 Å². The highest BCUT2D eigenvalue weighted by Crippen LogP contribution is 2.29. The number of halogens is 3. The van der Waals surface area contributed by atoms with E-state index in [0.717, 1.165) is 5.56 Å². The molecular formula is C14H15F3N2OS. The van der Waals surface area contributed by atoms with Crippen LogP contribution in [0, 0.1) is 18.8 Å². The fourth-order valence-electron chi connectivity index (χ4n) is 1.57. The zero-order valence-electron chi connectivity index (χ0n) is 11.4. The Morgan fingerprint density at radius 2 is 2.10 bits per heavy atom. The van der Waals surface area contributed by atoms with Gasteiger partial charge in [0.05, 0.1) is 6.54 Å². The highest BCUT2D eigenvalue weighted by molar-refractivity contribution is 8.00. The summed E-state index contributed by atoms with van der Waals surface area (Å²) in [5, 5.41) is 2.45. The summed E-state index contributed by atoms with van der Waals surface area (Å²) in [6, 6.07) is 5.04. The van der Waals surface area contributed by atoms with E-state index in [1.54, 1.807) is 18.2 Å². The molecule has 1 aromatic rings. The monoisotopic (exact) mass is 316 g/mol. The third kappa shape index (κ3) is 7.06. The molecule has 0 heterocycles. The van der Waals surface area contributed by atoms with Crippen LogP contribution in [-0.2, 0) is 0 Å². The van der Waals surface area contributed by atoms with Gasteiger partial charge in [0.2, 0.25) is 0 Å². The molecule has 1 rings (SSSR count). The van der Waals surface area contributed by atoms with Crippen LogP contribution in [-0.4, -0.2) is 30.3 Å². The van der Waals surface area contributed by atoms with Gasteiger partial charge in [-0.1, -0.05) is 11.8 Å². The normalized spacial score (nSPS) is 10.7. The van der Waals surface area contributed by atoms with Crippen molar-refractivity contribution in [2.24, 2.45) is 5.73 Å². The lowest BCUT2D eigenvalue weighted by molar-refractivity contribution is -0.0327. The highest BCUT2D eigenvalue weighted by atomic mass is 32.2. The van der Waals surface area contributed by atoms with E-state index in [1.807, 2.05) is 6.92 Å². The van der Waals surface area contributed by atoms with Crippen molar-refractivity contribution in [1.82, 2.24) is 5.32 Å². The van der Waals surface area contributed by atoms with Crippen LogP contribution in [0.4, 0.5) is 13.2 Å². The Kier molecular flexibility index (Phi) is 6.59. The number of alkyl halides is 3. The van der Waals surface area contributed by atoms with Gasteiger partial charge in [0, 0.05) is 23.4 Å². The summed E-state index contributed by atoms with van der Waals surface area (Å²) in [5.74, 6) is 4.86. The predicted octanol–water partition coefficient (Wildman–Crippen LogP) is 2.29. The molecule has 0 aliphatic heterocycles. The lowest BCUT2D eigenvalue weighted by atomic mass is 10.1. The number of carbonyl (C=O) groups is 1. The minimum Gasteiger partial charge on any atom is -0.351 e. The molecule has 0 spiro atoms. The van der Waals surface area contributed by atoms with E-state index in [2.05, 4.69) is 17.2 Å². The number of thioether (sulfide) groups is 1. The third-order valence-electron chi connectivity index (χ3n) is 2.33. The minimum atomic E-state index is -4.28. The SMILES string of the molecule is Cc1cc(C#CCN)cc(C(=O)NCCSC(F)(F)F)c1. The predicted molar refractivity (Wildman–Crippen MR) is 78.0 cm³/mol. The number of nitrogens with one attached hydrogen (secondary N) is 1. The van der Waals surface area contributed by atoms with Crippen LogP contribution in [0.5, 0.6) is 0 Å². The molecule has 21 heavy (non-hydrogen) atoms. The fourth-order valence-corrected chi connectivity index (χ4v) is 2.01. The summed E-state index contributed by atoms with van der Waals surface area (Å²) >= 11 is -0.163. The first-order chi connectivity index (χ1) is 9.81. The lowest BCUT2D eigenvalue weighted by Gasteiger charge is -2.08. The quantitative estimate of drug-likeness (QED) is 0.662. The molecule has 0 aliphatic rings. The van der Waals surface area contributed by atoms with Gasteiger partial charge >= 0.3 is 5.51 Å². The Hall–Kier alpha value is -1.65. The van der Waals surface area contributed by atoms with Crippen molar-refractivity contribution < 1.29 is 18.0 Å². The molecule has 0 fully saturated rings. The first kappa shape index (κ1) is 17.4. The molecule has 0 saturated heterocycles. The van der Waals surface area contributed by atoms with Gasteiger partial charge in [0.1, 0.15) is 0 Å². The summed E-state index contributed by atoms with van der Waals surface area (Å²) < 4.78 is 35.9. The van der Waals surface area contributed by atoms with Gasteiger partial charge in [0.25, 0.3) is 5.91 Å². The Labute approximate surface area is 125 Å². The van der Waals surface area contributed by atoms with E-state index in [1.165, 1.54) is 0 Å². The van der Waals surface area contributed by atoms with Crippen molar-refractivity contribution in [2.75, 3.05) is 18.8 Å². The molecule has 0 aromatic heterocycles. The molecule has 7 heteroatoms. The van der Waals surface area contributed by atoms with Crippen LogP contribution in [0.25, 0.3) is 0 Å². The highest BCUT2D eigenvalue weighted by Gasteiger charge is 2.27. The van der Waals surface area contributed by atoms with E-state index < -0.39 is 11.4 Å². The summed E-state index contributed by atoms with van der Waals surface area (Å²) in [5.41, 5.74) is 2.86. The molecule has 3 N–H and O–H groups in total. The largest absolute Gasteiger partial charge is 0.441 e. The van der Waals surface area contributed by atoms with Crippen molar-refractivity contribution in [3.63, 3.8) is 0 Å². The maximum Gasteiger partial charge on any atom is 0.441 e. The number of amides is 1. The first-order valence-electron chi connectivity index (χ1n) is 6.11. The second-order valence-corrected chi connectivity index (χ2v) is 5.30. The fraction of sp³-hybridized carbons (Fsp3) is 0.357. The van der Waals surface area contributed by atoms with Gasteiger partial charge in [-0.3, -0.25) is 4.79 Å². The molecular weight excluding hydrogens is 301 g/mol. The van der Waals surface area contributed by atoms with Crippen molar-refractivity contribution in [1.29, 1.82) is 0 Å². The van der Waals surface area contributed by atoms with Gasteiger partial charge in [-0.25, -0.2) is 0 Å². The molecule has 0 radical (unpaired) electrons. The number of nitrogens with two attached hydrogens (primary N) is 1. The average Bonchev–Trinajstić information content (AvgIpc) is 2.39. The molecule has 1 amide bonds. The zero-order valence-corrected chi connectivity index (χ0v) is 12.2. The van der Waals surface area contributed by atoms with E-state index in [4.69, 9.17) is 5.73 Å². The van der Waals surface area contributed by atoms with E-state index >= 15 is 0 Å². The first-order valence-corrected chi connectivity index (χ1v) is 7.10. The van der Waals surface area contributed by atoms with Crippen LogP contribution < -0.4 is 11.1 Å². The average molecular weight is 316 g/mol. The Morgan fingerprint density at radius 1 is 1.38 bits per heavy atom. The number of hydrogen-bond acceptors (Lipinski definition) is 3. The van der Waals surface area contributed by atoms with Crippen LogP contribution in [0.1, 0.15) is 21.5 Å². The van der Waals surface area contributed by atoms with Crippen molar-refractivity contribution in [2.45, 2.75) is 12.4 Å². The van der Waals surface area contributed by atoms with Crippen molar-refractivity contribution in [3.05, 3.63) is 34.9 Å². The molecule has 0 bridgehead atoms. The summed E-state index contributed by atoms with van der Waals surface area (Å²) in [6.45, 7) is 1.97. The number of carbonyl (C=O) groups excluding carboxylic acids is 1. The van der Waals surface area contributed by atoms with Gasteiger partial charge in [-0.15, -0.1) is 0 Å². The summed E-state index contributed by atoms with van der Waals surface area (Å²) in [4.78, 5) is 11.9. The van der Waals surface area contributed by atoms with Gasteiger partial charge < -0.3 is 11.1 Å². The molecule has 0 unspecified atom stereocenters. The molecule has 0 aliphatic carbocycles. The number of benzene rings is 1. The smallest absolute Gasteiger partial charge is 0.351 e. The molecule has 1 aromatic carbocycles. The molecule has 3 nitrogen and oxygen atoms in total. The van der Waals surface area contributed by atoms with Crippen LogP contribution >= 0.6 is 11.8 Å². The second-order valence-electron chi connectivity index (χ2n) is 4.14. The number of hydrogen-bond donors (Lipinski definition) is 2. The Morgan fingerprint density at radius 3 is 2.71 bits per heavy atom. The van der Waals surface area contributed by atoms with Gasteiger partial charge in [0.15, 0.2) is 0 Å². The van der Waals surface area contributed by atoms with Crippen LogP contribution in [0.3, 0.4) is 0 Å². The van der Waals surface area contributed by atoms with E-state index in [0.29, 0.717) is 11.1 Å². The van der Waals surface area contributed by atoms with Gasteiger partial charge in [-0.05, 0) is 42.4 Å². The molecule has 114 valence electrons. The zero-order chi connectivity index (χ0) is 15.9. The maximum absolute atomic E-state index is 12.0. The topological polar surface area (TPSA) is 55.1 Å². The summed E-state index contributed by atoms with van der Waals surface area (Å²) in [6.07, 6.45) is 0. The van der Waals surface area contributed by atoms with Crippen molar-refractivity contribution in [3.8, 4) is 11.8 Å². The Balaban J connectivity index is 2.63. The minimum absolute atomic E-state index is 0.0548. The second kappa shape index (κ2) is 7.96. The number of aryl methyl sites for hydroxylation is 1.